The number of aromatic nitrogens is 3. The first kappa shape index (κ1) is 22.4. The second-order valence-corrected chi connectivity index (χ2v) is 7.20. The van der Waals surface area contributed by atoms with Gasteiger partial charge in [0.15, 0.2) is 11.8 Å². The molecule has 0 unspecified atom stereocenters. The lowest BCUT2D eigenvalue weighted by molar-refractivity contribution is 0.239. The number of guanidine groups is 1. The molecule has 0 saturated carbocycles. The van der Waals surface area contributed by atoms with Gasteiger partial charge in [-0.25, -0.2) is 0 Å². The summed E-state index contributed by atoms with van der Waals surface area (Å²) in [5.74, 6) is 3.71. The fourth-order valence-corrected chi connectivity index (χ4v) is 3.23. The highest BCUT2D eigenvalue weighted by Crippen LogP contribution is 2.21. The molecule has 2 heterocycles. The van der Waals surface area contributed by atoms with Gasteiger partial charge in [0.05, 0.1) is 12.6 Å². The van der Waals surface area contributed by atoms with Crippen LogP contribution in [0.2, 0.25) is 0 Å². The lowest BCUT2D eigenvalue weighted by Crippen LogP contribution is -2.37. The van der Waals surface area contributed by atoms with E-state index in [-0.39, 0.29) is 30.1 Å². The second kappa shape index (κ2) is 10.6. The molecule has 0 atom stereocenters. The van der Waals surface area contributed by atoms with Crippen molar-refractivity contribution in [2.75, 3.05) is 7.05 Å². The van der Waals surface area contributed by atoms with Gasteiger partial charge in [0, 0.05) is 32.1 Å². The number of rotatable bonds is 6. The maximum Gasteiger partial charge on any atom is 0.191 e. The van der Waals surface area contributed by atoms with Gasteiger partial charge < -0.3 is 19.9 Å². The molecule has 0 spiro atoms. The summed E-state index contributed by atoms with van der Waals surface area (Å²) in [6, 6.07) is 6.28. The molecular formula is C20H31IN6O. The van der Waals surface area contributed by atoms with Gasteiger partial charge in [0.1, 0.15) is 11.6 Å². The standard InChI is InChI=1S/C20H30N6O.HI/c1-14(2)27-17-11-15(3)8-9-16(17)12-22-20(21-4)23-13-19-25-24-18-7-5-6-10-26(18)19;/h8-9,11,14H,5-7,10,12-13H2,1-4H3,(H2,21,22,23);1H. The monoisotopic (exact) mass is 498 g/mol. The molecule has 0 amide bonds. The van der Waals surface area contributed by atoms with Gasteiger partial charge in [-0.2, -0.15) is 0 Å². The molecule has 1 aromatic carbocycles. The normalized spacial score (nSPS) is 13.7. The van der Waals surface area contributed by atoms with Crippen molar-refractivity contribution < 1.29 is 4.74 Å². The minimum atomic E-state index is 0. The summed E-state index contributed by atoms with van der Waals surface area (Å²) in [5.41, 5.74) is 2.30. The zero-order valence-electron chi connectivity index (χ0n) is 17.2. The number of aliphatic imine (C=N–C) groups is 1. The topological polar surface area (TPSA) is 76.4 Å². The summed E-state index contributed by atoms with van der Waals surface area (Å²) in [5, 5.41) is 15.3. The van der Waals surface area contributed by atoms with Crippen LogP contribution in [-0.4, -0.2) is 33.9 Å². The van der Waals surface area contributed by atoms with E-state index in [1.807, 2.05) is 13.8 Å². The molecule has 0 radical (unpaired) electrons. The molecule has 2 aromatic rings. The molecule has 154 valence electrons. The van der Waals surface area contributed by atoms with E-state index >= 15 is 0 Å². The number of aryl methyl sites for hydroxylation is 2. The number of nitrogens with one attached hydrogen (secondary N) is 2. The minimum absolute atomic E-state index is 0. The average molecular weight is 498 g/mol. The number of nitrogens with zero attached hydrogens (tertiary/aromatic N) is 4. The first-order valence-corrected chi connectivity index (χ1v) is 9.68. The van der Waals surface area contributed by atoms with Crippen molar-refractivity contribution in [3.8, 4) is 5.75 Å². The molecule has 0 saturated heterocycles. The van der Waals surface area contributed by atoms with Gasteiger partial charge in [0.2, 0.25) is 0 Å². The van der Waals surface area contributed by atoms with E-state index in [9.17, 15) is 0 Å². The number of ether oxygens (including phenoxy) is 1. The number of hydrogen-bond donors (Lipinski definition) is 2. The van der Waals surface area contributed by atoms with Crippen molar-refractivity contribution >= 4 is 29.9 Å². The van der Waals surface area contributed by atoms with E-state index in [4.69, 9.17) is 4.74 Å². The van der Waals surface area contributed by atoms with Crippen molar-refractivity contribution in [3.63, 3.8) is 0 Å². The Labute approximate surface area is 184 Å². The Morgan fingerprint density at radius 2 is 2.00 bits per heavy atom. The van der Waals surface area contributed by atoms with Gasteiger partial charge in [-0.3, -0.25) is 4.99 Å². The molecule has 3 rings (SSSR count). The molecule has 0 fully saturated rings. The Kier molecular flexibility index (Phi) is 8.53. The predicted octanol–water partition coefficient (Wildman–Crippen LogP) is 3.19. The smallest absolute Gasteiger partial charge is 0.191 e. The fourth-order valence-electron chi connectivity index (χ4n) is 3.23. The SMILES string of the molecule is CN=C(NCc1ccc(C)cc1OC(C)C)NCc1nnc2n1CCCC2.I. The lowest BCUT2D eigenvalue weighted by atomic mass is 10.1. The molecule has 28 heavy (non-hydrogen) atoms. The average Bonchev–Trinajstić information content (AvgIpc) is 3.06. The van der Waals surface area contributed by atoms with E-state index < -0.39 is 0 Å². The van der Waals surface area contributed by atoms with E-state index in [0.29, 0.717) is 13.1 Å². The van der Waals surface area contributed by atoms with Crippen LogP contribution in [0.1, 0.15) is 49.5 Å². The quantitative estimate of drug-likeness (QED) is 0.364. The molecule has 2 N–H and O–H groups in total. The summed E-state index contributed by atoms with van der Waals surface area (Å²) in [6.07, 6.45) is 3.55. The number of hydrogen-bond acceptors (Lipinski definition) is 4. The number of benzene rings is 1. The summed E-state index contributed by atoms with van der Waals surface area (Å²) < 4.78 is 8.17. The zero-order chi connectivity index (χ0) is 19.2. The van der Waals surface area contributed by atoms with E-state index in [0.717, 1.165) is 41.9 Å². The molecule has 1 aliphatic rings. The van der Waals surface area contributed by atoms with Crippen LogP contribution in [0.25, 0.3) is 0 Å². The number of fused-ring (bicyclic) bond motifs is 1. The van der Waals surface area contributed by atoms with Crippen molar-refractivity contribution in [1.29, 1.82) is 0 Å². The molecule has 0 aliphatic carbocycles. The van der Waals surface area contributed by atoms with Crippen molar-refractivity contribution in [3.05, 3.63) is 41.0 Å². The summed E-state index contributed by atoms with van der Waals surface area (Å²) in [4.78, 5) is 4.32. The highest BCUT2D eigenvalue weighted by Gasteiger charge is 2.15. The molecular weight excluding hydrogens is 467 g/mol. The number of halogens is 1. The van der Waals surface area contributed by atoms with Gasteiger partial charge in [-0.15, -0.1) is 34.2 Å². The van der Waals surface area contributed by atoms with Crippen LogP contribution < -0.4 is 15.4 Å². The maximum absolute atomic E-state index is 5.95. The Morgan fingerprint density at radius 3 is 2.75 bits per heavy atom. The molecule has 1 aliphatic heterocycles. The van der Waals surface area contributed by atoms with Crippen molar-refractivity contribution in [2.45, 2.75) is 65.8 Å². The van der Waals surface area contributed by atoms with Gasteiger partial charge in [-0.1, -0.05) is 12.1 Å². The van der Waals surface area contributed by atoms with E-state index in [1.54, 1.807) is 7.05 Å². The van der Waals surface area contributed by atoms with Crippen LogP contribution in [0, 0.1) is 6.92 Å². The van der Waals surface area contributed by atoms with Gasteiger partial charge >= 0.3 is 0 Å². The summed E-state index contributed by atoms with van der Waals surface area (Å²) in [6.45, 7) is 8.41. The van der Waals surface area contributed by atoms with Crippen LogP contribution in [0.15, 0.2) is 23.2 Å². The minimum Gasteiger partial charge on any atom is -0.491 e. The fraction of sp³-hybridized carbons (Fsp3) is 0.550. The van der Waals surface area contributed by atoms with Crippen LogP contribution in [0.5, 0.6) is 5.75 Å². The first-order chi connectivity index (χ1) is 13.1. The first-order valence-electron chi connectivity index (χ1n) is 9.68. The van der Waals surface area contributed by atoms with Crippen molar-refractivity contribution in [1.82, 2.24) is 25.4 Å². The van der Waals surface area contributed by atoms with Crippen LogP contribution in [0.4, 0.5) is 0 Å². The predicted molar refractivity (Wildman–Crippen MR) is 122 cm³/mol. The molecule has 8 heteroatoms. The Bertz CT molecular complexity index is 802. The Hall–Kier alpha value is -1.84. The highest BCUT2D eigenvalue weighted by atomic mass is 127. The van der Waals surface area contributed by atoms with Crippen LogP contribution in [-0.2, 0) is 26.1 Å². The zero-order valence-corrected chi connectivity index (χ0v) is 19.5. The third kappa shape index (κ3) is 5.83. The third-order valence-electron chi connectivity index (χ3n) is 4.61. The van der Waals surface area contributed by atoms with Gasteiger partial charge in [-0.05, 0) is 45.2 Å². The highest BCUT2D eigenvalue weighted by molar-refractivity contribution is 14.0. The second-order valence-electron chi connectivity index (χ2n) is 7.20. The largest absolute Gasteiger partial charge is 0.491 e. The summed E-state index contributed by atoms with van der Waals surface area (Å²) in [7, 11) is 1.77. The van der Waals surface area contributed by atoms with Crippen molar-refractivity contribution in [2.24, 2.45) is 4.99 Å². The molecule has 7 nitrogen and oxygen atoms in total. The van der Waals surface area contributed by atoms with E-state index in [1.165, 1.54) is 18.4 Å². The van der Waals surface area contributed by atoms with E-state index in [2.05, 4.69) is 55.5 Å². The maximum atomic E-state index is 5.95. The van der Waals surface area contributed by atoms with Gasteiger partial charge in [0.25, 0.3) is 0 Å². The Morgan fingerprint density at radius 1 is 1.21 bits per heavy atom. The lowest BCUT2D eigenvalue weighted by Gasteiger charge is -2.18. The molecule has 1 aromatic heterocycles. The van der Waals surface area contributed by atoms with Crippen LogP contribution >= 0.6 is 24.0 Å². The third-order valence-corrected chi connectivity index (χ3v) is 4.61. The Balaban J connectivity index is 0.00000280. The molecule has 0 bridgehead atoms. The van der Waals surface area contributed by atoms with Crippen LogP contribution in [0.3, 0.4) is 0 Å². The summed E-state index contributed by atoms with van der Waals surface area (Å²) >= 11 is 0.